The van der Waals surface area contributed by atoms with Crippen molar-refractivity contribution in [3.63, 3.8) is 0 Å². The Bertz CT molecular complexity index is 456. The molecule has 15 heavy (non-hydrogen) atoms. The number of ketones is 1. The number of hydrogen-bond acceptors (Lipinski definition) is 4. The molecule has 0 radical (unpaired) electrons. The normalized spacial score (nSPS) is 27.9. The summed E-state index contributed by atoms with van der Waals surface area (Å²) in [4.78, 5) is 20.1. The number of carbonyl (C=O) groups is 1. The molecule has 0 saturated heterocycles. The van der Waals surface area contributed by atoms with Gasteiger partial charge in [0.1, 0.15) is 0 Å². The minimum atomic E-state index is -0.786. The quantitative estimate of drug-likeness (QED) is 0.643. The Morgan fingerprint density at radius 2 is 2.40 bits per heavy atom. The second-order valence-electron chi connectivity index (χ2n) is 3.83. The first-order valence-corrected chi connectivity index (χ1v) is 5.02. The zero-order valence-electron chi connectivity index (χ0n) is 8.14. The maximum absolute atomic E-state index is 11.9. The summed E-state index contributed by atoms with van der Waals surface area (Å²) in [6.45, 7) is 0. The molecule has 2 heterocycles. The zero-order valence-corrected chi connectivity index (χ0v) is 8.14. The fourth-order valence-electron chi connectivity index (χ4n) is 2.29. The molecule has 0 bridgehead atoms. The van der Waals surface area contributed by atoms with Crippen molar-refractivity contribution in [2.45, 2.75) is 24.9 Å². The van der Waals surface area contributed by atoms with Crippen molar-refractivity contribution in [1.29, 1.82) is 0 Å². The van der Waals surface area contributed by atoms with Gasteiger partial charge >= 0.3 is 0 Å². The van der Waals surface area contributed by atoms with E-state index >= 15 is 0 Å². The lowest BCUT2D eigenvalue weighted by Crippen LogP contribution is -2.35. The molecule has 1 saturated carbocycles. The van der Waals surface area contributed by atoms with Crippen molar-refractivity contribution in [3.05, 3.63) is 23.9 Å². The molecule has 1 aliphatic heterocycles. The molecule has 0 amide bonds. The highest BCUT2D eigenvalue weighted by Crippen LogP contribution is 2.43. The Labute approximate surface area is 87.0 Å². The van der Waals surface area contributed by atoms with Gasteiger partial charge in [0.25, 0.3) is 0 Å². The van der Waals surface area contributed by atoms with E-state index in [1.165, 1.54) is 6.40 Å². The third kappa shape index (κ3) is 1.04. The van der Waals surface area contributed by atoms with Crippen LogP contribution in [0.25, 0.3) is 0 Å². The van der Waals surface area contributed by atoms with E-state index in [0.29, 0.717) is 12.2 Å². The molecule has 1 fully saturated rings. The fourth-order valence-corrected chi connectivity index (χ4v) is 2.29. The third-order valence-corrected chi connectivity index (χ3v) is 3.03. The number of aliphatic imine (C=N–C) groups is 1. The van der Waals surface area contributed by atoms with E-state index in [2.05, 4.69) is 9.98 Å². The van der Waals surface area contributed by atoms with Gasteiger partial charge in [-0.25, -0.2) is 9.98 Å². The average molecular weight is 202 g/mol. The van der Waals surface area contributed by atoms with E-state index in [1.807, 2.05) is 12.1 Å². The minimum absolute atomic E-state index is 0.142. The van der Waals surface area contributed by atoms with E-state index in [0.717, 1.165) is 18.4 Å². The lowest BCUT2D eigenvalue weighted by molar-refractivity contribution is -0.132. The SMILES string of the molecule is O=C1CCCC12OC=Nc1ncccc12. The standard InChI is InChI=1S/C11H10N2O2/c14-9-4-1-5-11(9)8-3-2-6-12-10(8)13-7-15-11/h2-3,6-7H,1,4-5H2. The molecule has 4 nitrogen and oxygen atoms in total. The first-order valence-electron chi connectivity index (χ1n) is 5.02. The Morgan fingerprint density at radius 1 is 1.47 bits per heavy atom. The summed E-state index contributed by atoms with van der Waals surface area (Å²) in [5, 5.41) is 0. The van der Waals surface area contributed by atoms with Crippen LogP contribution in [-0.2, 0) is 15.1 Å². The molecule has 1 spiro atoms. The first-order chi connectivity index (χ1) is 7.33. The van der Waals surface area contributed by atoms with E-state index in [-0.39, 0.29) is 5.78 Å². The summed E-state index contributed by atoms with van der Waals surface area (Å²) in [6, 6.07) is 3.69. The van der Waals surface area contributed by atoms with Crippen molar-refractivity contribution < 1.29 is 9.53 Å². The molecular weight excluding hydrogens is 192 g/mol. The lowest BCUT2D eigenvalue weighted by Gasteiger charge is -2.29. The predicted octanol–water partition coefficient (Wildman–Crippen LogP) is 1.72. The van der Waals surface area contributed by atoms with Crippen molar-refractivity contribution in [3.8, 4) is 0 Å². The number of nitrogens with zero attached hydrogens (tertiary/aromatic N) is 2. The van der Waals surface area contributed by atoms with Crippen LogP contribution in [0.2, 0.25) is 0 Å². The summed E-state index contributed by atoms with van der Waals surface area (Å²) < 4.78 is 5.48. The predicted molar refractivity (Wildman–Crippen MR) is 54.0 cm³/mol. The van der Waals surface area contributed by atoms with Crippen molar-refractivity contribution in [2.24, 2.45) is 4.99 Å². The highest BCUT2D eigenvalue weighted by Gasteiger charge is 2.48. The van der Waals surface area contributed by atoms with Gasteiger partial charge in [-0.2, -0.15) is 0 Å². The van der Waals surface area contributed by atoms with Crippen molar-refractivity contribution >= 4 is 18.0 Å². The number of Topliss-reactive ketones (excluding diaryl/α,β-unsaturated/α-hetero) is 1. The highest BCUT2D eigenvalue weighted by molar-refractivity contribution is 5.93. The van der Waals surface area contributed by atoms with Crippen LogP contribution in [0.1, 0.15) is 24.8 Å². The number of ether oxygens (including phenoxy) is 1. The summed E-state index contributed by atoms with van der Waals surface area (Å²) in [5.74, 6) is 0.752. The average Bonchev–Trinajstić information content (AvgIpc) is 2.62. The molecule has 0 aromatic carbocycles. The Balaban J connectivity index is 2.21. The number of fused-ring (bicyclic) bond motifs is 2. The van der Waals surface area contributed by atoms with E-state index < -0.39 is 5.60 Å². The number of hydrogen-bond donors (Lipinski definition) is 0. The van der Waals surface area contributed by atoms with Gasteiger partial charge in [0.15, 0.2) is 23.6 Å². The summed E-state index contributed by atoms with van der Waals surface area (Å²) in [5.41, 5.74) is 0.0284. The second-order valence-corrected chi connectivity index (χ2v) is 3.83. The third-order valence-electron chi connectivity index (χ3n) is 3.03. The summed E-state index contributed by atoms with van der Waals surface area (Å²) >= 11 is 0. The van der Waals surface area contributed by atoms with Crippen molar-refractivity contribution in [1.82, 2.24) is 4.98 Å². The van der Waals surface area contributed by atoms with Gasteiger partial charge in [-0.3, -0.25) is 4.79 Å². The number of rotatable bonds is 0. The fraction of sp³-hybridized carbons (Fsp3) is 0.364. The van der Waals surface area contributed by atoms with Crippen LogP contribution in [0.15, 0.2) is 23.3 Å². The molecule has 3 rings (SSSR count). The Kier molecular flexibility index (Phi) is 1.65. The Hall–Kier alpha value is -1.71. The number of carbonyl (C=O) groups excluding carboxylic acids is 1. The molecular formula is C11H10N2O2. The molecule has 1 atom stereocenters. The molecule has 0 N–H and O–H groups in total. The maximum Gasteiger partial charge on any atom is 0.196 e. The zero-order chi connectivity index (χ0) is 10.3. The molecule has 1 aromatic rings. The summed E-state index contributed by atoms with van der Waals surface area (Å²) in [7, 11) is 0. The van der Waals surface area contributed by atoms with Gasteiger partial charge in [-0.15, -0.1) is 0 Å². The van der Waals surface area contributed by atoms with Gasteiger partial charge in [-0.05, 0) is 25.0 Å². The maximum atomic E-state index is 11.9. The van der Waals surface area contributed by atoms with Gasteiger partial charge in [0.2, 0.25) is 0 Å². The lowest BCUT2D eigenvalue weighted by atomic mass is 9.91. The molecule has 2 aliphatic rings. The van der Waals surface area contributed by atoms with Crippen molar-refractivity contribution in [2.75, 3.05) is 0 Å². The van der Waals surface area contributed by atoms with E-state index in [1.54, 1.807) is 6.20 Å². The number of aromatic nitrogens is 1. The summed E-state index contributed by atoms with van der Waals surface area (Å²) in [6.07, 6.45) is 5.22. The monoisotopic (exact) mass is 202 g/mol. The molecule has 4 heteroatoms. The molecule has 1 aliphatic carbocycles. The minimum Gasteiger partial charge on any atom is -0.464 e. The number of pyridine rings is 1. The Morgan fingerprint density at radius 3 is 3.20 bits per heavy atom. The van der Waals surface area contributed by atoms with Crippen LogP contribution in [0.4, 0.5) is 5.82 Å². The molecule has 76 valence electrons. The largest absolute Gasteiger partial charge is 0.464 e. The first kappa shape index (κ1) is 8.59. The van der Waals surface area contributed by atoms with E-state index in [4.69, 9.17) is 4.74 Å². The van der Waals surface area contributed by atoms with Gasteiger partial charge in [-0.1, -0.05) is 0 Å². The van der Waals surface area contributed by atoms with Crippen LogP contribution in [-0.4, -0.2) is 17.2 Å². The second kappa shape index (κ2) is 2.89. The van der Waals surface area contributed by atoms with Gasteiger partial charge in [0, 0.05) is 18.2 Å². The van der Waals surface area contributed by atoms with Gasteiger partial charge in [0.05, 0.1) is 0 Å². The van der Waals surface area contributed by atoms with Gasteiger partial charge < -0.3 is 4.74 Å². The van der Waals surface area contributed by atoms with Crippen LogP contribution >= 0.6 is 0 Å². The van der Waals surface area contributed by atoms with Crippen LogP contribution in [0.5, 0.6) is 0 Å². The van der Waals surface area contributed by atoms with Crippen LogP contribution < -0.4 is 0 Å². The van der Waals surface area contributed by atoms with Crippen LogP contribution in [0.3, 0.4) is 0 Å². The smallest absolute Gasteiger partial charge is 0.196 e. The highest BCUT2D eigenvalue weighted by atomic mass is 16.5. The topological polar surface area (TPSA) is 51.5 Å². The van der Waals surface area contributed by atoms with E-state index in [9.17, 15) is 4.79 Å². The molecule has 1 unspecified atom stereocenters. The van der Waals surface area contributed by atoms with Crippen LogP contribution in [0, 0.1) is 0 Å². The molecule has 1 aromatic heterocycles.